The zero-order chi connectivity index (χ0) is 23.1. The molecule has 0 fully saturated rings. The van der Waals surface area contributed by atoms with Gasteiger partial charge in [-0.1, -0.05) is 18.2 Å². The van der Waals surface area contributed by atoms with E-state index in [0.717, 1.165) is 16.5 Å². The molecule has 0 saturated carbocycles. The van der Waals surface area contributed by atoms with Crippen LogP contribution in [0.3, 0.4) is 0 Å². The number of fused-ring (bicyclic) bond motifs is 1. The Kier molecular flexibility index (Phi) is 8.11. The van der Waals surface area contributed by atoms with Gasteiger partial charge in [-0.15, -0.1) is 0 Å². The van der Waals surface area contributed by atoms with E-state index in [2.05, 4.69) is 15.6 Å². The predicted octanol–water partition coefficient (Wildman–Crippen LogP) is -1.26. The first kappa shape index (κ1) is 23.8. The van der Waals surface area contributed by atoms with Crippen molar-refractivity contribution in [3.63, 3.8) is 0 Å². The predicted molar refractivity (Wildman–Crippen MR) is 112 cm³/mol. The van der Waals surface area contributed by atoms with E-state index in [1.807, 2.05) is 24.3 Å². The molecule has 2 rings (SSSR count). The Bertz CT molecular complexity index is 956. The van der Waals surface area contributed by atoms with E-state index in [0.29, 0.717) is 0 Å². The van der Waals surface area contributed by atoms with Gasteiger partial charge in [0, 0.05) is 23.5 Å². The summed E-state index contributed by atoms with van der Waals surface area (Å²) in [7, 11) is 0. The lowest BCUT2D eigenvalue weighted by Crippen LogP contribution is -2.58. The van der Waals surface area contributed by atoms with E-state index in [4.69, 9.17) is 11.5 Å². The molecule has 1 aromatic carbocycles. The van der Waals surface area contributed by atoms with Crippen LogP contribution >= 0.6 is 0 Å². The highest BCUT2D eigenvalue weighted by molar-refractivity contribution is 5.93. The number of carboxylic acid groups (broad SMARTS) is 1. The molecule has 3 amide bonds. The van der Waals surface area contributed by atoms with Crippen molar-refractivity contribution >= 4 is 34.6 Å². The normalized spacial score (nSPS) is 14.9. The lowest BCUT2D eigenvalue weighted by Gasteiger charge is -2.24. The second-order valence-electron chi connectivity index (χ2n) is 7.30. The third-order valence-electron chi connectivity index (χ3n) is 4.81. The number of aliphatic carboxylic acids is 1. The first-order chi connectivity index (χ1) is 14.6. The van der Waals surface area contributed by atoms with Crippen molar-refractivity contribution in [3.8, 4) is 0 Å². The summed E-state index contributed by atoms with van der Waals surface area (Å²) in [6, 6.07) is 3.64. The first-order valence-electron chi connectivity index (χ1n) is 9.70. The van der Waals surface area contributed by atoms with E-state index in [1.165, 1.54) is 6.92 Å². The molecule has 0 radical (unpaired) electrons. The zero-order valence-corrected chi connectivity index (χ0v) is 17.0. The molecule has 0 aliphatic rings. The number of aromatic amines is 1. The molecule has 0 bridgehead atoms. The van der Waals surface area contributed by atoms with Crippen molar-refractivity contribution in [2.45, 2.75) is 50.4 Å². The number of aromatic nitrogens is 1. The SMILES string of the molecule is C[C@@H](O)[C@H](NC(=O)[C@@H](N)Cc1c[nH]c2ccccc12)C(=O)N[C@@H](CCC(N)=O)C(=O)O. The topological polar surface area (TPSA) is 201 Å². The molecule has 2 aromatic rings. The molecule has 168 valence electrons. The van der Waals surface area contributed by atoms with Crippen LogP contribution in [0.5, 0.6) is 0 Å². The quantitative estimate of drug-likeness (QED) is 0.229. The molecule has 4 atom stereocenters. The number of aliphatic hydroxyl groups is 1. The molecular weight excluding hydrogens is 406 g/mol. The van der Waals surface area contributed by atoms with Crippen LogP contribution in [-0.2, 0) is 25.6 Å². The molecule has 11 heteroatoms. The second-order valence-corrected chi connectivity index (χ2v) is 7.30. The third-order valence-corrected chi connectivity index (χ3v) is 4.81. The summed E-state index contributed by atoms with van der Waals surface area (Å²) >= 11 is 0. The molecule has 0 aliphatic carbocycles. The Hall–Kier alpha value is -3.44. The molecule has 0 spiro atoms. The number of carbonyl (C=O) groups excluding carboxylic acids is 3. The summed E-state index contributed by atoms with van der Waals surface area (Å²) in [6.07, 6.45) is 0.123. The highest BCUT2D eigenvalue weighted by atomic mass is 16.4. The zero-order valence-electron chi connectivity index (χ0n) is 17.0. The minimum absolute atomic E-state index is 0.181. The van der Waals surface area contributed by atoms with Crippen molar-refractivity contribution < 1.29 is 29.4 Å². The molecular formula is C20H27N5O6. The van der Waals surface area contributed by atoms with E-state index in [-0.39, 0.29) is 19.3 Å². The van der Waals surface area contributed by atoms with Crippen LogP contribution < -0.4 is 22.1 Å². The summed E-state index contributed by atoms with van der Waals surface area (Å²) in [5, 5.41) is 24.6. The van der Waals surface area contributed by atoms with Crippen LogP contribution in [0.2, 0.25) is 0 Å². The van der Waals surface area contributed by atoms with Crippen molar-refractivity contribution in [1.29, 1.82) is 0 Å². The van der Waals surface area contributed by atoms with Gasteiger partial charge in [-0.05, 0) is 31.4 Å². The smallest absolute Gasteiger partial charge is 0.326 e. The lowest BCUT2D eigenvalue weighted by atomic mass is 10.0. The highest BCUT2D eigenvalue weighted by Gasteiger charge is 2.31. The lowest BCUT2D eigenvalue weighted by molar-refractivity contribution is -0.143. The molecule has 0 aliphatic heterocycles. The number of H-pyrrole nitrogens is 1. The summed E-state index contributed by atoms with van der Waals surface area (Å²) in [5.74, 6) is -3.69. The number of primary amides is 1. The number of para-hydroxylation sites is 1. The fourth-order valence-corrected chi connectivity index (χ4v) is 3.10. The maximum absolute atomic E-state index is 12.5. The van der Waals surface area contributed by atoms with Gasteiger partial charge in [0.15, 0.2) is 0 Å². The van der Waals surface area contributed by atoms with Crippen LogP contribution in [0.15, 0.2) is 30.5 Å². The maximum Gasteiger partial charge on any atom is 0.326 e. The van der Waals surface area contributed by atoms with E-state index >= 15 is 0 Å². The van der Waals surface area contributed by atoms with Crippen molar-refractivity contribution in [3.05, 3.63) is 36.0 Å². The number of aliphatic hydroxyl groups excluding tert-OH is 1. The number of hydrogen-bond donors (Lipinski definition) is 7. The maximum atomic E-state index is 12.5. The monoisotopic (exact) mass is 433 g/mol. The molecule has 1 aromatic heterocycles. The first-order valence-corrected chi connectivity index (χ1v) is 9.70. The Morgan fingerprint density at radius 3 is 2.42 bits per heavy atom. The number of amides is 3. The molecule has 1 heterocycles. The van der Waals surface area contributed by atoms with Gasteiger partial charge < -0.3 is 37.3 Å². The van der Waals surface area contributed by atoms with E-state index < -0.39 is 47.9 Å². The van der Waals surface area contributed by atoms with Crippen molar-refractivity contribution in [1.82, 2.24) is 15.6 Å². The van der Waals surface area contributed by atoms with Gasteiger partial charge in [-0.2, -0.15) is 0 Å². The number of hydrogen-bond acceptors (Lipinski definition) is 6. The van der Waals surface area contributed by atoms with Gasteiger partial charge in [-0.3, -0.25) is 14.4 Å². The average molecular weight is 433 g/mol. The standard InChI is InChI=1S/C20H27N5O6/c1-10(26)17(19(29)24-15(20(30)31)6-7-16(22)27)25-18(28)13(21)8-11-9-23-14-5-3-2-4-12(11)14/h2-5,9-10,13,15,17,23,26H,6-8,21H2,1H3,(H2,22,27)(H,24,29)(H,25,28)(H,30,31)/t10-,13+,15+,17+/m1/s1. The van der Waals surface area contributed by atoms with E-state index in [9.17, 15) is 29.4 Å². The Labute approximate surface area is 178 Å². The Morgan fingerprint density at radius 1 is 1.13 bits per heavy atom. The number of nitrogens with one attached hydrogen (secondary N) is 3. The number of rotatable bonds is 11. The van der Waals surface area contributed by atoms with Crippen LogP contribution in [0, 0.1) is 0 Å². The van der Waals surface area contributed by atoms with Crippen LogP contribution in [0.1, 0.15) is 25.3 Å². The summed E-state index contributed by atoms with van der Waals surface area (Å²) in [6.45, 7) is 1.27. The number of nitrogens with two attached hydrogens (primary N) is 2. The third kappa shape index (κ3) is 6.52. The Morgan fingerprint density at radius 2 is 1.81 bits per heavy atom. The molecule has 31 heavy (non-hydrogen) atoms. The number of benzene rings is 1. The minimum atomic E-state index is -1.43. The van der Waals surface area contributed by atoms with Crippen LogP contribution in [-0.4, -0.2) is 63.1 Å². The van der Waals surface area contributed by atoms with Crippen molar-refractivity contribution in [2.75, 3.05) is 0 Å². The average Bonchev–Trinajstić information content (AvgIpc) is 3.11. The number of carboxylic acids is 1. The van der Waals surface area contributed by atoms with Crippen LogP contribution in [0.25, 0.3) is 10.9 Å². The molecule has 9 N–H and O–H groups in total. The van der Waals surface area contributed by atoms with Gasteiger partial charge in [0.1, 0.15) is 12.1 Å². The van der Waals surface area contributed by atoms with Gasteiger partial charge in [0.25, 0.3) is 0 Å². The second kappa shape index (κ2) is 10.5. The van der Waals surface area contributed by atoms with Gasteiger partial charge in [0.2, 0.25) is 17.7 Å². The summed E-state index contributed by atoms with van der Waals surface area (Å²) in [5.41, 5.74) is 12.7. The van der Waals surface area contributed by atoms with Gasteiger partial charge >= 0.3 is 5.97 Å². The highest BCUT2D eigenvalue weighted by Crippen LogP contribution is 2.18. The van der Waals surface area contributed by atoms with Gasteiger partial charge in [-0.25, -0.2) is 4.79 Å². The molecule has 0 saturated heterocycles. The summed E-state index contributed by atoms with van der Waals surface area (Å²) in [4.78, 5) is 50.3. The Balaban J connectivity index is 2.03. The van der Waals surface area contributed by atoms with Crippen LogP contribution in [0.4, 0.5) is 0 Å². The fraction of sp³-hybridized carbons (Fsp3) is 0.400. The number of carbonyl (C=O) groups is 4. The van der Waals surface area contributed by atoms with E-state index in [1.54, 1.807) is 6.20 Å². The molecule has 11 nitrogen and oxygen atoms in total. The summed E-state index contributed by atoms with van der Waals surface area (Å²) < 4.78 is 0. The minimum Gasteiger partial charge on any atom is -0.480 e. The molecule has 0 unspecified atom stereocenters. The fourth-order valence-electron chi connectivity index (χ4n) is 3.10. The van der Waals surface area contributed by atoms with Crippen molar-refractivity contribution in [2.24, 2.45) is 11.5 Å². The van der Waals surface area contributed by atoms with Gasteiger partial charge in [0.05, 0.1) is 12.1 Å². The largest absolute Gasteiger partial charge is 0.480 e.